The summed E-state index contributed by atoms with van der Waals surface area (Å²) in [6, 6.07) is 7.44. The number of hydrogen-bond donors (Lipinski definition) is 0. The molecule has 2 aromatic rings. The highest BCUT2D eigenvalue weighted by Gasteiger charge is 2.22. The van der Waals surface area contributed by atoms with E-state index in [1.165, 1.54) is 0 Å². The Morgan fingerprint density at radius 3 is 2.75 bits per heavy atom. The van der Waals surface area contributed by atoms with E-state index in [0.717, 1.165) is 17.9 Å². The fraction of sp³-hybridized carbons (Fsp3) is 0.267. The quantitative estimate of drug-likeness (QED) is 0.787. The van der Waals surface area contributed by atoms with Crippen LogP contribution in [0.2, 0.25) is 0 Å². The Bertz CT molecular complexity index is 614. The summed E-state index contributed by atoms with van der Waals surface area (Å²) in [4.78, 5) is 24.8. The van der Waals surface area contributed by atoms with Gasteiger partial charge in [-0.15, -0.1) is 0 Å². The SMILES string of the molecule is CN1CCN(C(=O)c2ccncc2)Cc2cccnc21. The van der Waals surface area contributed by atoms with E-state index in [2.05, 4.69) is 14.9 Å². The molecule has 5 heteroatoms. The molecule has 0 aliphatic carbocycles. The van der Waals surface area contributed by atoms with E-state index in [9.17, 15) is 4.79 Å². The van der Waals surface area contributed by atoms with Crippen molar-refractivity contribution in [1.82, 2.24) is 14.9 Å². The van der Waals surface area contributed by atoms with Crippen LogP contribution in [0, 0.1) is 0 Å². The van der Waals surface area contributed by atoms with Crippen LogP contribution >= 0.6 is 0 Å². The number of carbonyl (C=O) groups excluding carboxylic acids is 1. The van der Waals surface area contributed by atoms with E-state index < -0.39 is 0 Å². The lowest BCUT2D eigenvalue weighted by Crippen LogP contribution is -2.34. The molecule has 0 atom stereocenters. The summed E-state index contributed by atoms with van der Waals surface area (Å²) in [5.74, 6) is 0.995. The van der Waals surface area contributed by atoms with Crippen LogP contribution in [0.3, 0.4) is 0 Å². The van der Waals surface area contributed by atoms with Gasteiger partial charge in [-0.05, 0) is 18.2 Å². The van der Waals surface area contributed by atoms with Crippen molar-refractivity contribution in [2.45, 2.75) is 6.54 Å². The summed E-state index contributed by atoms with van der Waals surface area (Å²) in [6.07, 6.45) is 5.08. The normalized spacial score (nSPS) is 14.7. The molecule has 3 heterocycles. The number of nitrogens with zero attached hydrogens (tertiary/aromatic N) is 4. The average Bonchev–Trinajstić information content (AvgIpc) is 2.67. The second-order valence-electron chi connectivity index (χ2n) is 4.87. The molecule has 5 nitrogen and oxygen atoms in total. The Balaban J connectivity index is 1.88. The minimum Gasteiger partial charge on any atom is -0.358 e. The number of carbonyl (C=O) groups is 1. The van der Waals surface area contributed by atoms with Gasteiger partial charge in [-0.3, -0.25) is 9.78 Å². The average molecular weight is 268 g/mol. The summed E-state index contributed by atoms with van der Waals surface area (Å²) in [6.45, 7) is 2.06. The Labute approximate surface area is 117 Å². The number of amides is 1. The van der Waals surface area contributed by atoms with Crippen molar-refractivity contribution in [3.63, 3.8) is 0 Å². The Morgan fingerprint density at radius 2 is 1.95 bits per heavy atom. The van der Waals surface area contributed by atoms with E-state index in [-0.39, 0.29) is 5.91 Å². The van der Waals surface area contributed by atoms with Crippen molar-refractivity contribution >= 4 is 11.7 Å². The van der Waals surface area contributed by atoms with Gasteiger partial charge in [-0.25, -0.2) is 4.98 Å². The Kier molecular flexibility index (Phi) is 3.33. The number of pyridine rings is 2. The molecule has 0 saturated carbocycles. The molecule has 0 N–H and O–H groups in total. The fourth-order valence-electron chi connectivity index (χ4n) is 2.41. The lowest BCUT2D eigenvalue weighted by molar-refractivity contribution is 0.0751. The lowest BCUT2D eigenvalue weighted by atomic mass is 10.2. The van der Waals surface area contributed by atoms with Crippen molar-refractivity contribution in [1.29, 1.82) is 0 Å². The highest BCUT2D eigenvalue weighted by molar-refractivity contribution is 5.94. The smallest absolute Gasteiger partial charge is 0.254 e. The van der Waals surface area contributed by atoms with Crippen molar-refractivity contribution in [3.05, 3.63) is 54.0 Å². The predicted molar refractivity (Wildman–Crippen MR) is 76.5 cm³/mol. The third-order valence-corrected chi connectivity index (χ3v) is 3.51. The molecule has 1 aliphatic rings. The third-order valence-electron chi connectivity index (χ3n) is 3.51. The van der Waals surface area contributed by atoms with Crippen LogP contribution in [0.4, 0.5) is 5.82 Å². The molecule has 0 saturated heterocycles. The molecule has 20 heavy (non-hydrogen) atoms. The summed E-state index contributed by atoms with van der Waals surface area (Å²) >= 11 is 0. The zero-order valence-corrected chi connectivity index (χ0v) is 11.4. The fourth-order valence-corrected chi connectivity index (χ4v) is 2.41. The van der Waals surface area contributed by atoms with Crippen molar-refractivity contribution in [2.24, 2.45) is 0 Å². The third kappa shape index (κ3) is 2.34. The van der Waals surface area contributed by atoms with E-state index in [0.29, 0.717) is 18.7 Å². The molecule has 0 bridgehead atoms. The first-order chi connectivity index (χ1) is 9.75. The molecule has 0 aromatic carbocycles. The van der Waals surface area contributed by atoms with Crippen molar-refractivity contribution < 1.29 is 4.79 Å². The van der Waals surface area contributed by atoms with Crippen molar-refractivity contribution in [3.8, 4) is 0 Å². The Hall–Kier alpha value is -2.43. The summed E-state index contributed by atoms with van der Waals surface area (Å²) in [7, 11) is 2.01. The van der Waals surface area contributed by atoms with Gasteiger partial charge in [-0.1, -0.05) is 6.07 Å². The zero-order valence-electron chi connectivity index (χ0n) is 11.4. The van der Waals surface area contributed by atoms with Gasteiger partial charge in [0, 0.05) is 56.4 Å². The first kappa shape index (κ1) is 12.6. The molecule has 2 aromatic heterocycles. The maximum atomic E-state index is 12.5. The molecule has 0 fully saturated rings. The van der Waals surface area contributed by atoms with Crippen LogP contribution in [-0.4, -0.2) is 40.9 Å². The first-order valence-electron chi connectivity index (χ1n) is 6.60. The molecule has 3 rings (SSSR count). The van der Waals surface area contributed by atoms with Crippen LogP contribution in [0.15, 0.2) is 42.9 Å². The molecule has 1 aliphatic heterocycles. The van der Waals surface area contributed by atoms with Gasteiger partial charge < -0.3 is 9.80 Å². The van der Waals surface area contributed by atoms with Crippen LogP contribution in [-0.2, 0) is 6.54 Å². The topological polar surface area (TPSA) is 49.3 Å². The van der Waals surface area contributed by atoms with Crippen LogP contribution < -0.4 is 4.90 Å². The van der Waals surface area contributed by atoms with Crippen molar-refractivity contribution in [2.75, 3.05) is 25.0 Å². The van der Waals surface area contributed by atoms with E-state index in [4.69, 9.17) is 0 Å². The molecule has 0 spiro atoms. The number of anilines is 1. The molecule has 0 radical (unpaired) electrons. The molecule has 102 valence electrons. The van der Waals surface area contributed by atoms with Gasteiger partial charge in [0.15, 0.2) is 0 Å². The largest absolute Gasteiger partial charge is 0.358 e. The zero-order chi connectivity index (χ0) is 13.9. The minimum absolute atomic E-state index is 0.0394. The van der Waals surface area contributed by atoms with Gasteiger partial charge in [0.1, 0.15) is 5.82 Å². The number of fused-ring (bicyclic) bond motifs is 1. The second-order valence-corrected chi connectivity index (χ2v) is 4.87. The highest BCUT2D eigenvalue weighted by atomic mass is 16.2. The number of likely N-dealkylation sites (N-methyl/N-ethyl adjacent to an activating group) is 1. The van der Waals surface area contributed by atoms with Gasteiger partial charge >= 0.3 is 0 Å². The summed E-state index contributed by atoms with van der Waals surface area (Å²) in [5.41, 5.74) is 1.75. The standard InChI is InChI=1S/C15H16N4O/c1-18-9-10-19(11-13-3-2-6-17-14(13)18)15(20)12-4-7-16-8-5-12/h2-8H,9-11H2,1H3. The number of hydrogen-bond acceptors (Lipinski definition) is 4. The van der Waals surface area contributed by atoms with Gasteiger partial charge in [0.05, 0.1) is 0 Å². The van der Waals surface area contributed by atoms with Gasteiger partial charge in [0.2, 0.25) is 0 Å². The lowest BCUT2D eigenvalue weighted by Gasteiger charge is -2.20. The monoisotopic (exact) mass is 268 g/mol. The van der Waals surface area contributed by atoms with E-state index in [1.54, 1.807) is 30.7 Å². The van der Waals surface area contributed by atoms with Gasteiger partial charge in [0.25, 0.3) is 5.91 Å². The maximum Gasteiger partial charge on any atom is 0.254 e. The van der Waals surface area contributed by atoms with Crippen LogP contribution in [0.1, 0.15) is 15.9 Å². The van der Waals surface area contributed by atoms with Crippen LogP contribution in [0.25, 0.3) is 0 Å². The minimum atomic E-state index is 0.0394. The Morgan fingerprint density at radius 1 is 1.15 bits per heavy atom. The summed E-state index contributed by atoms with van der Waals surface area (Å²) in [5, 5.41) is 0. The molecule has 1 amide bonds. The maximum absolute atomic E-state index is 12.5. The highest BCUT2D eigenvalue weighted by Crippen LogP contribution is 2.21. The molecular formula is C15H16N4O. The predicted octanol–water partition coefficient (Wildman–Crippen LogP) is 1.57. The molecular weight excluding hydrogens is 252 g/mol. The van der Waals surface area contributed by atoms with Crippen LogP contribution in [0.5, 0.6) is 0 Å². The summed E-state index contributed by atoms with van der Waals surface area (Å²) < 4.78 is 0. The molecule has 0 unspecified atom stereocenters. The second kappa shape index (κ2) is 5.28. The number of rotatable bonds is 1. The first-order valence-corrected chi connectivity index (χ1v) is 6.60. The number of aromatic nitrogens is 2. The van der Waals surface area contributed by atoms with E-state index in [1.807, 2.05) is 24.1 Å². The van der Waals surface area contributed by atoms with E-state index >= 15 is 0 Å². The van der Waals surface area contributed by atoms with Gasteiger partial charge in [-0.2, -0.15) is 0 Å².